The van der Waals surface area contributed by atoms with Gasteiger partial charge in [0, 0.05) is 24.5 Å². The minimum Gasteiger partial charge on any atom is -0.390 e. The van der Waals surface area contributed by atoms with Gasteiger partial charge < -0.3 is 10.4 Å². The smallest absolute Gasteiger partial charge is 0.220 e. The van der Waals surface area contributed by atoms with E-state index in [4.69, 9.17) is 0 Å². The maximum atomic E-state index is 11.2. The Hall–Kier alpha value is -0.220. The fraction of sp³-hybridized carbons (Fsp3) is 0.909. The fourth-order valence-electron chi connectivity index (χ4n) is 1.03. The van der Waals surface area contributed by atoms with Crippen LogP contribution in [-0.4, -0.2) is 34.7 Å². The second kappa shape index (κ2) is 7.12. The van der Waals surface area contributed by atoms with Crippen molar-refractivity contribution in [2.24, 2.45) is 5.92 Å². The molecule has 0 aromatic rings. The van der Waals surface area contributed by atoms with Crippen LogP contribution in [0.1, 0.15) is 34.1 Å². The molecule has 90 valence electrons. The molecule has 0 spiro atoms. The number of amides is 1. The van der Waals surface area contributed by atoms with Crippen molar-refractivity contribution in [3.8, 4) is 0 Å². The second-order valence-electron chi connectivity index (χ2n) is 4.81. The van der Waals surface area contributed by atoms with Crippen LogP contribution in [0.4, 0.5) is 0 Å². The van der Waals surface area contributed by atoms with Crippen molar-refractivity contribution < 1.29 is 9.90 Å². The van der Waals surface area contributed by atoms with Gasteiger partial charge in [-0.1, -0.05) is 13.8 Å². The molecule has 4 heteroatoms. The van der Waals surface area contributed by atoms with E-state index >= 15 is 0 Å². The summed E-state index contributed by atoms with van der Waals surface area (Å²) in [5.74, 6) is 2.09. The first-order valence-electron chi connectivity index (χ1n) is 5.38. The molecule has 0 rings (SSSR count). The molecule has 0 bridgehead atoms. The average molecular weight is 233 g/mol. The molecule has 0 aromatic heterocycles. The van der Waals surface area contributed by atoms with Gasteiger partial charge in [0.15, 0.2) is 0 Å². The molecule has 0 aliphatic heterocycles. The number of thioether (sulfide) groups is 1. The third-order valence-corrected chi connectivity index (χ3v) is 3.02. The zero-order valence-corrected chi connectivity index (χ0v) is 11.0. The van der Waals surface area contributed by atoms with Gasteiger partial charge in [-0.25, -0.2) is 0 Å². The average Bonchev–Trinajstić information content (AvgIpc) is 1.99. The van der Waals surface area contributed by atoms with Crippen LogP contribution in [0.3, 0.4) is 0 Å². The van der Waals surface area contributed by atoms with E-state index in [0.717, 1.165) is 5.75 Å². The third-order valence-electron chi connectivity index (χ3n) is 1.62. The minimum atomic E-state index is -0.618. The van der Waals surface area contributed by atoms with Gasteiger partial charge >= 0.3 is 0 Å². The Labute approximate surface area is 97.0 Å². The minimum absolute atomic E-state index is 0.119. The molecule has 0 aliphatic rings. The molecular weight excluding hydrogens is 210 g/mol. The van der Waals surface area contributed by atoms with Gasteiger partial charge in [0.25, 0.3) is 0 Å². The predicted octanol–water partition coefficient (Wildman–Crippen LogP) is 1.65. The molecule has 0 unspecified atom stereocenters. The zero-order valence-electron chi connectivity index (χ0n) is 10.2. The maximum absolute atomic E-state index is 11.2. The third kappa shape index (κ3) is 11.7. The summed E-state index contributed by atoms with van der Waals surface area (Å²) < 4.78 is 0. The highest BCUT2D eigenvalue weighted by molar-refractivity contribution is 7.99. The molecule has 3 nitrogen and oxygen atoms in total. The van der Waals surface area contributed by atoms with Crippen LogP contribution in [0.2, 0.25) is 0 Å². The summed E-state index contributed by atoms with van der Waals surface area (Å²) in [6.45, 7) is 8.33. The van der Waals surface area contributed by atoms with Gasteiger partial charge in [-0.15, -0.1) is 0 Å². The highest BCUT2D eigenvalue weighted by atomic mass is 32.2. The number of carbonyl (C=O) groups is 1. The first-order valence-corrected chi connectivity index (χ1v) is 6.53. The van der Waals surface area contributed by atoms with Gasteiger partial charge in [-0.3, -0.25) is 4.79 Å². The van der Waals surface area contributed by atoms with Gasteiger partial charge in [0.2, 0.25) is 5.91 Å². The summed E-state index contributed by atoms with van der Waals surface area (Å²) in [6.07, 6.45) is 0.593. The molecule has 0 radical (unpaired) electrons. The standard InChI is InChI=1S/C11H23NO2S/c1-9(2)7-10(13)12-5-6-15-8-11(3,4)14/h9,14H,5-8H2,1-4H3,(H,12,13). The summed E-state index contributed by atoms with van der Waals surface area (Å²) in [7, 11) is 0. The van der Waals surface area contributed by atoms with Crippen molar-refractivity contribution in [1.82, 2.24) is 5.32 Å². The molecule has 0 aromatic carbocycles. The Morgan fingerprint density at radius 3 is 2.53 bits per heavy atom. The monoisotopic (exact) mass is 233 g/mol. The van der Waals surface area contributed by atoms with Crippen LogP contribution in [-0.2, 0) is 4.79 Å². The summed E-state index contributed by atoms with van der Waals surface area (Å²) in [6, 6.07) is 0. The number of hydrogen-bond acceptors (Lipinski definition) is 3. The van der Waals surface area contributed by atoms with Crippen LogP contribution in [0.25, 0.3) is 0 Å². The molecule has 0 saturated carbocycles. The second-order valence-corrected chi connectivity index (χ2v) is 5.92. The van der Waals surface area contributed by atoms with E-state index in [1.54, 1.807) is 25.6 Å². The lowest BCUT2D eigenvalue weighted by Crippen LogP contribution is -2.28. The van der Waals surface area contributed by atoms with Gasteiger partial charge in [0.1, 0.15) is 0 Å². The number of rotatable bonds is 7. The summed E-state index contributed by atoms with van der Waals surface area (Å²) in [5, 5.41) is 12.3. The quantitative estimate of drug-likeness (QED) is 0.657. The fourth-order valence-corrected chi connectivity index (χ4v) is 1.92. The topological polar surface area (TPSA) is 49.3 Å². The zero-order chi connectivity index (χ0) is 11.9. The predicted molar refractivity (Wildman–Crippen MR) is 66.1 cm³/mol. The van der Waals surface area contributed by atoms with Crippen LogP contribution >= 0.6 is 11.8 Å². The number of aliphatic hydroxyl groups is 1. The molecule has 1 amide bonds. The first kappa shape index (κ1) is 14.8. The molecule has 0 aliphatic carbocycles. The lowest BCUT2D eigenvalue weighted by molar-refractivity contribution is -0.121. The highest BCUT2D eigenvalue weighted by Crippen LogP contribution is 2.10. The van der Waals surface area contributed by atoms with Crippen molar-refractivity contribution in [3.63, 3.8) is 0 Å². The van der Waals surface area contributed by atoms with E-state index in [9.17, 15) is 9.90 Å². The Balaban J connectivity index is 3.35. The van der Waals surface area contributed by atoms with Crippen molar-refractivity contribution in [2.75, 3.05) is 18.1 Å². The Morgan fingerprint density at radius 1 is 1.47 bits per heavy atom. The molecule has 0 fully saturated rings. The molecule has 0 saturated heterocycles. The van der Waals surface area contributed by atoms with Crippen LogP contribution in [0, 0.1) is 5.92 Å². The Kier molecular flexibility index (Phi) is 7.02. The van der Waals surface area contributed by atoms with E-state index in [-0.39, 0.29) is 5.91 Å². The van der Waals surface area contributed by atoms with E-state index in [2.05, 4.69) is 5.32 Å². The first-order chi connectivity index (χ1) is 6.81. The highest BCUT2D eigenvalue weighted by Gasteiger charge is 2.11. The number of nitrogens with one attached hydrogen (secondary N) is 1. The van der Waals surface area contributed by atoms with Crippen molar-refractivity contribution in [3.05, 3.63) is 0 Å². The van der Waals surface area contributed by atoms with Gasteiger partial charge in [0.05, 0.1) is 5.60 Å². The molecule has 15 heavy (non-hydrogen) atoms. The van der Waals surface area contributed by atoms with Crippen molar-refractivity contribution in [2.45, 2.75) is 39.7 Å². The van der Waals surface area contributed by atoms with E-state index in [1.807, 2.05) is 13.8 Å². The maximum Gasteiger partial charge on any atom is 0.220 e. The number of carbonyl (C=O) groups excluding carboxylic acids is 1. The van der Waals surface area contributed by atoms with Crippen LogP contribution in [0.15, 0.2) is 0 Å². The molecular formula is C11H23NO2S. The summed E-state index contributed by atoms with van der Waals surface area (Å²) >= 11 is 1.66. The van der Waals surface area contributed by atoms with Gasteiger partial charge in [-0.2, -0.15) is 11.8 Å². The molecule has 0 atom stereocenters. The van der Waals surface area contributed by atoms with Crippen LogP contribution < -0.4 is 5.32 Å². The SMILES string of the molecule is CC(C)CC(=O)NCCSCC(C)(C)O. The van der Waals surface area contributed by atoms with Crippen molar-refractivity contribution >= 4 is 17.7 Å². The lowest BCUT2D eigenvalue weighted by atomic mass is 10.1. The Morgan fingerprint density at radius 2 is 2.07 bits per heavy atom. The summed E-state index contributed by atoms with van der Waals surface area (Å²) in [5.41, 5.74) is -0.618. The summed E-state index contributed by atoms with van der Waals surface area (Å²) in [4.78, 5) is 11.2. The Bertz CT molecular complexity index is 188. The molecule has 0 heterocycles. The van der Waals surface area contributed by atoms with Crippen LogP contribution in [0.5, 0.6) is 0 Å². The largest absolute Gasteiger partial charge is 0.390 e. The lowest BCUT2D eigenvalue weighted by Gasteiger charge is -2.16. The van der Waals surface area contributed by atoms with E-state index in [0.29, 0.717) is 24.6 Å². The van der Waals surface area contributed by atoms with Gasteiger partial charge in [-0.05, 0) is 19.8 Å². The van der Waals surface area contributed by atoms with E-state index in [1.165, 1.54) is 0 Å². The number of hydrogen-bond donors (Lipinski definition) is 2. The molecule has 2 N–H and O–H groups in total. The normalized spacial score (nSPS) is 11.9. The van der Waals surface area contributed by atoms with Crippen molar-refractivity contribution in [1.29, 1.82) is 0 Å². The van der Waals surface area contributed by atoms with E-state index < -0.39 is 5.60 Å².